The number of aromatic nitrogens is 1. The van der Waals surface area contributed by atoms with E-state index in [0.29, 0.717) is 12.1 Å². The predicted molar refractivity (Wildman–Crippen MR) is 89.6 cm³/mol. The summed E-state index contributed by atoms with van der Waals surface area (Å²) in [6, 6.07) is 10.6. The molecule has 1 aromatic carbocycles. The average Bonchev–Trinajstić information content (AvgIpc) is 2.84. The third-order valence-corrected chi connectivity index (χ3v) is 3.95. The van der Waals surface area contributed by atoms with Crippen LogP contribution in [0.3, 0.4) is 0 Å². The van der Waals surface area contributed by atoms with Crippen molar-refractivity contribution < 1.29 is 9.90 Å². The van der Waals surface area contributed by atoms with Gasteiger partial charge in [-0.2, -0.15) is 0 Å². The van der Waals surface area contributed by atoms with Gasteiger partial charge in [-0.1, -0.05) is 24.3 Å². The summed E-state index contributed by atoms with van der Waals surface area (Å²) in [5.41, 5.74) is 2.65. The van der Waals surface area contributed by atoms with Gasteiger partial charge >= 0.3 is 6.03 Å². The Morgan fingerprint density at radius 3 is 2.74 bits per heavy atom. The lowest BCUT2D eigenvalue weighted by Crippen LogP contribution is -2.36. The van der Waals surface area contributed by atoms with Crippen molar-refractivity contribution in [3.05, 3.63) is 53.7 Å². The number of carbonyl (C=O) groups is 1. The second-order valence-electron chi connectivity index (χ2n) is 5.85. The Balaban J connectivity index is 1.66. The average molecular weight is 312 g/mol. The maximum absolute atomic E-state index is 12.2. The fourth-order valence-electron chi connectivity index (χ4n) is 2.78. The van der Waals surface area contributed by atoms with E-state index in [1.807, 2.05) is 49.3 Å². The van der Waals surface area contributed by atoms with Gasteiger partial charge in [0.05, 0.1) is 24.0 Å². The zero-order chi connectivity index (χ0) is 16.4. The van der Waals surface area contributed by atoms with Gasteiger partial charge in [0.25, 0.3) is 0 Å². The summed E-state index contributed by atoms with van der Waals surface area (Å²) >= 11 is 0. The lowest BCUT2D eigenvalue weighted by atomic mass is 10.1. The van der Waals surface area contributed by atoms with Gasteiger partial charge in [0.15, 0.2) is 0 Å². The molecule has 1 aliphatic carbocycles. The maximum Gasteiger partial charge on any atom is 0.319 e. The summed E-state index contributed by atoms with van der Waals surface area (Å²) in [6.45, 7) is 0. The molecule has 2 amide bonds. The summed E-state index contributed by atoms with van der Waals surface area (Å²) in [6.07, 6.45) is 1.56. The molecule has 6 heteroatoms. The van der Waals surface area contributed by atoms with Crippen LogP contribution in [0.5, 0.6) is 0 Å². The first kappa shape index (κ1) is 15.3. The minimum Gasteiger partial charge on any atom is -0.390 e. The van der Waals surface area contributed by atoms with Gasteiger partial charge in [0.1, 0.15) is 5.82 Å². The number of nitrogens with one attached hydrogen (secondary N) is 2. The molecular formula is C17H20N4O2. The van der Waals surface area contributed by atoms with E-state index in [-0.39, 0.29) is 12.1 Å². The van der Waals surface area contributed by atoms with E-state index < -0.39 is 6.10 Å². The lowest BCUT2D eigenvalue weighted by molar-refractivity contribution is 0.144. The number of anilines is 2. The highest BCUT2D eigenvalue weighted by atomic mass is 16.3. The molecule has 1 aliphatic rings. The van der Waals surface area contributed by atoms with Crippen LogP contribution in [0.25, 0.3) is 0 Å². The van der Waals surface area contributed by atoms with E-state index in [1.54, 1.807) is 12.3 Å². The van der Waals surface area contributed by atoms with Gasteiger partial charge in [-0.15, -0.1) is 0 Å². The Morgan fingerprint density at radius 1 is 1.26 bits per heavy atom. The van der Waals surface area contributed by atoms with Gasteiger partial charge in [0, 0.05) is 20.5 Å². The van der Waals surface area contributed by atoms with Gasteiger partial charge in [-0.05, 0) is 23.3 Å². The molecule has 3 N–H and O–H groups in total. The number of carbonyl (C=O) groups excluding carboxylic acids is 1. The predicted octanol–water partition coefficient (Wildman–Crippen LogP) is 1.93. The van der Waals surface area contributed by atoms with E-state index in [9.17, 15) is 9.90 Å². The number of aliphatic hydroxyl groups is 1. The number of hydrogen-bond acceptors (Lipinski definition) is 4. The molecule has 23 heavy (non-hydrogen) atoms. The maximum atomic E-state index is 12.2. The lowest BCUT2D eigenvalue weighted by Gasteiger charge is -2.18. The van der Waals surface area contributed by atoms with Crippen molar-refractivity contribution in [3.8, 4) is 0 Å². The van der Waals surface area contributed by atoms with E-state index in [2.05, 4.69) is 15.6 Å². The van der Waals surface area contributed by atoms with E-state index in [0.717, 1.165) is 16.9 Å². The molecule has 0 saturated heterocycles. The molecular weight excluding hydrogens is 292 g/mol. The van der Waals surface area contributed by atoms with Crippen molar-refractivity contribution in [2.75, 3.05) is 24.3 Å². The molecule has 2 atom stereocenters. The van der Waals surface area contributed by atoms with Crippen LogP contribution in [0.2, 0.25) is 0 Å². The number of benzene rings is 1. The van der Waals surface area contributed by atoms with Gasteiger partial charge in [0.2, 0.25) is 0 Å². The van der Waals surface area contributed by atoms with E-state index in [1.165, 1.54) is 0 Å². The molecule has 0 spiro atoms. The summed E-state index contributed by atoms with van der Waals surface area (Å²) in [5.74, 6) is 0.816. The highest BCUT2D eigenvalue weighted by molar-refractivity contribution is 5.89. The number of urea groups is 1. The summed E-state index contributed by atoms with van der Waals surface area (Å²) in [4.78, 5) is 18.3. The largest absolute Gasteiger partial charge is 0.390 e. The Labute approximate surface area is 135 Å². The highest BCUT2D eigenvalue weighted by Gasteiger charge is 2.31. The minimum absolute atomic E-state index is 0.356. The highest BCUT2D eigenvalue weighted by Crippen LogP contribution is 2.31. The van der Waals surface area contributed by atoms with Crippen molar-refractivity contribution in [2.45, 2.75) is 18.6 Å². The normalized spacial score (nSPS) is 19.1. The molecule has 1 aromatic heterocycles. The van der Waals surface area contributed by atoms with E-state index >= 15 is 0 Å². The van der Waals surface area contributed by atoms with Gasteiger partial charge in [-0.3, -0.25) is 0 Å². The number of fused-ring (bicyclic) bond motifs is 1. The van der Waals surface area contributed by atoms with Crippen molar-refractivity contribution in [3.63, 3.8) is 0 Å². The van der Waals surface area contributed by atoms with Crippen LogP contribution in [0.1, 0.15) is 17.2 Å². The second kappa shape index (κ2) is 6.26. The molecule has 6 nitrogen and oxygen atoms in total. The molecule has 0 fully saturated rings. The first-order valence-corrected chi connectivity index (χ1v) is 7.51. The van der Waals surface area contributed by atoms with Crippen molar-refractivity contribution in [2.24, 2.45) is 0 Å². The Bertz CT molecular complexity index is 700. The third kappa shape index (κ3) is 3.27. The van der Waals surface area contributed by atoms with Crippen LogP contribution in [0, 0.1) is 0 Å². The molecule has 2 aromatic rings. The fraction of sp³-hybridized carbons (Fsp3) is 0.294. The molecule has 3 rings (SSSR count). The van der Waals surface area contributed by atoms with Crippen LogP contribution in [-0.4, -0.2) is 36.3 Å². The van der Waals surface area contributed by atoms with Gasteiger partial charge in [-0.25, -0.2) is 9.78 Å². The zero-order valence-corrected chi connectivity index (χ0v) is 13.2. The number of aliphatic hydroxyl groups excluding tert-OH is 1. The summed E-state index contributed by atoms with van der Waals surface area (Å²) in [7, 11) is 3.81. The monoisotopic (exact) mass is 312 g/mol. The summed E-state index contributed by atoms with van der Waals surface area (Å²) < 4.78 is 0. The van der Waals surface area contributed by atoms with Crippen LogP contribution < -0.4 is 15.5 Å². The smallest absolute Gasteiger partial charge is 0.319 e. The first-order chi connectivity index (χ1) is 11.0. The molecule has 120 valence electrons. The van der Waals surface area contributed by atoms with Crippen molar-refractivity contribution in [1.29, 1.82) is 0 Å². The van der Waals surface area contributed by atoms with Crippen LogP contribution in [0.4, 0.5) is 16.3 Å². The molecule has 0 saturated carbocycles. The van der Waals surface area contributed by atoms with E-state index in [4.69, 9.17) is 0 Å². The number of hydrogen-bond donors (Lipinski definition) is 3. The Hall–Kier alpha value is -2.60. The Kier molecular flexibility index (Phi) is 4.16. The number of nitrogens with zero attached hydrogens (tertiary/aromatic N) is 2. The fourth-order valence-corrected chi connectivity index (χ4v) is 2.78. The number of pyridine rings is 1. The topological polar surface area (TPSA) is 77.5 Å². The quantitative estimate of drug-likeness (QED) is 0.809. The van der Waals surface area contributed by atoms with Crippen LogP contribution in [-0.2, 0) is 6.42 Å². The molecule has 0 radical (unpaired) electrons. The molecule has 0 bridgehead atoms. The third-order valence-electron chi connectivity index (χ3n) is 3.95. The number of amides is 2. The summed E-state index contributed by atoms with van der Waals surface area (Å²) in [5, 5.41) is 15.7. The Morgan fingerprint density at radius 2 is 2.04 bits per heavy atom. The molecule has 0 aliphatic heterocycles. The number of rotatable bonds is 3. The van der Waals surface area contributed by atoms with Crippen LogP contribution >= 0.6 is 0 Å². The minimum atomic E-state index is -0.604. The van der Waals surface area contributed by atoms with Gasteiger partial charge < -0.3 is 20.6 Å². The molecule has 0 unspecified atom stereocenters. The van der Waals surface area contributed by atoms with Crippen molar-refractivity contribution >= 4 is 17.5 Å². The zero-order valence-electron chi connectivity index (χ0n) is 13.2. The standard InChI is InChI=1S/C17H20N4O2/c1-21(2)15-8-7-12(10-18-15)19-17(23)20-16-13-6-4-3-5-11(13)9-14(16)22/h3-8,10,14,16,22H,9H2,1-2H3,(H2,19,20,23)/t14-,16+/m0/s1. The second-order valence-corrected chi connectivity index (χ2v) is 5.85. The first-order valence-electron chi connectivity index (χ1n) is 7.51. The van der Waals surface area contributed by atoms with Crippen LogP contribution in [0.15, 0.2) is 42.6 Å². The SMILES string of the molecule is CN(C)c1ccc(NC(=O)N[C@@H]2c3ccccc3C[C@@H]2O)cn1. The van der Waals surface area contributed by atoms with Crippen molar-refractivity contribution in [1.82, 2.24) is 10.3 Å². The molecule has 1 heterocycles.